The number of aromatic nitrogens is 2. The lowest BCUT2D eigenvalue weighted by molar-refractivity contribution is -0.115. The maximum atomic E-state index is 11.9. The van der Waals surface area contributed by atoms with Gasteiger partial charge in [-0.05, 0) is 5.56 Å². The van der Waals surface area contributed by atoms with Gasteiger partial charge in [-0.2, -0.15) is 0 Å². The smallest absolute Gasteiger partial charge is 0.312 e. The van der Waals surface area contributed by atoms with Gasteiger partial charge in [-0.15, -0.1) is 0 Å². The zero-order valence-corrected chi connectivity index (χ0v) is 11.3. The third kappa shape index (κ3) is 2.85. The maximum Gasteiger partial charge on any atom is 0.332 e. The lowest BCUT2D eigenvalue weighted by Gasteiger charge is -2.10. The van der Waals surface area contributed by atoms with Crippen LogP contribution in [0.15, 0.2) is 46.0 Å². The van der Waals surface area contributed by atoms with E-state index in [2.05, 4.69) is 5.32 Å². The van der Waals surface area contributed by atoms with Crippen LogP contribution in [-0.4, -0.2) is 15.0 Å². The highest BCUT2D eigenvalue weighted by Gasteiger charge is 2.09. The second-order valence-corrected chi connectivity index (χ2v) is 4.48. The first-order valence-electron chi connectivity index (χ1n) is 6.10. The van der Waals surface area contributed by atoms with E-state index in [9.17, 15) is 14.4 Å². The largest absolute Gasteiger partial charge is 0.332 e. The summed E-state index contributed by atoms with van der Waals surface area (Å²) in [7, 11) is 2.89. The summed E-state index contributed by atoms with van der Waals surface area (Å²) in [5.74, 6) is -0.0847. The first-order valence-corrected chi connectivity index (χ1v) is 6.10. The molecule has 0 aliphatic carbocycles. The molecule has 0 radical (unpaired) electrons. The van der Waals surface area contributed by atoms with Crippen molar-refractivity contribution in [1.82, 2.24) is 9.13 Å². The van der Waals surface area contributed by atoms with E-state index in [0.717, 1.165) is 10.1 Å². The molecule has 0 bridgehead atoms. The van der Waals surface area contributed by atoms with Crippen molar-refractivity contribution < 1.29 is 4.79 Å². The van der Waals surface area contributed by atoms with Gasteiger partial charge in [0.1, 0.15) is 5.82 Å². The van der Waals surface area contributed by atoms with Gasteiger partial charge in [-0.25, -0.2) is 4.79 Å². The zero-order valence-electron chi connectivity index (χ0n) is 11.3. The van der Waals surface area contributed by atoms with Gasteiger partial charge < -0.3 is 5.32 Å². The molecule has 6 nitrogen and oxygen atoms in total. The molecule has 0 saturated carbocycles. The number of rotatable bonds is 3. The number of amides is 1. The average molecular weight is 273 g/mol. The van der Waals surface area contributed by atoms with Gasteiger partial charge in [-0.3, -0.25) is 18.7 Å². The van der Waals surface area contributed by atoms with Crippen LogP contribution in [-0.2, 0) is 25.3 Å². The molecule has 0 aliphatic rings. The summed E-state index contributed by atoms with van der Waals surface area (Å²) in [6.07, 6.45) is 0.185. The quantitative estimate of drug-likeness (QED) is 0.872. The molecule has 2 aromatic rings. The predicted molar refractivity (Wildman–Crippen MR) is 75.7 cm³/mol. The highest BCUT2D eigenvalue weighted by Crippen LogP contribution is 2.03. The maximum absolute atomic E-state index is 11.9. The van der Waals surface area contributed by atoms with Gasteiger partial charge in [-0.1, -0.05) is 30.3 Å². The Morgan fingerprint density at radius 2 is 1.75 bits per heavy atom. The molecule has 0 fully saturated rings. The number of carbonyl (C=O) groups is 1. The first-order chi connectivity index (χ1) is 9.49. The molecule has 1 heterocycles. The molecule has 1 amide bonds. The molecule has 20 heavy (non-hydrogen) atoms. The van der Waals surface area contributed by atoms with Crippen molar-refractivity contribution in [2.24, 2.45) is 14.1 Å². The molecule has 1 N–H and O–H groups in total. The van der Waals surface area contributed by atoms with E-state index >= 15 is 0 Å². The van der Waals surface area contributed by atoms with Crippen LogP contribution in [0.25, 0.3) is 0 Å². The number of carbonyl (C=O) groups excluding carboxylic acids is 1. The van der Waals surface area contributed by atoms with Crippen LogP contribution in [0.1, 0.15) is 5.56 Å². The van der Waals surface area contributed by atoms with Crippen molar-refractivity contribution in [3.63, 3.8) is 0 Å². The molecule has 1 aromatic heterocycles. The molecule has 0 atom stereocenters. The zero-order chi connectivity index (χ0) is 14.7. The Morgan fingerprint density at radius 1 is 1.10 bits per heavy atom. The van der Waals surface area contributed by atoms with E-state index in [0.29, 0.717) is 0 Å². The Labute approximate surface area is 115 Å². The summed E-state index contributed by atoms with van der Waals surface area (Å²) in [4.78, 5) is 35.2. The van der Waals surface area contributed by atoms with Crippen molar-refractivity contribution >= 4 is 11.7 Å². The van der Waals surface area contributed by atoms with Crippen molar-refractivity contribution in [2.75, 3.05) is 5.32 Å². The number of nitrogens with one attached hydrogen (secondary N) is 1. The Hall–Kier alpha value is -2.63. The topological polar surface area (TPSA) is 73.1 Å². The fraction of sp³-hybridized carbons (Fsp3) is 0.214. The molecular weight excluding hydrogens is 258 g/mol. The second-order valence-electron chi connectivity index (χ2n) is 4.48. The van der Waals surface area contributed by atoms with Gasteiger partial charge in [0.2, 0.25) is 5.91 Å². The van der Waals surface area contributed by atoms with E-state index in [1.54, 1.807) is 0 Å². The Morgan fingerprint density at radius 3 is 2.40 bits per heavy atom. The second kappa shape index (κ2) is 5.56. The summed E-state index contributed by atoms with van der Waals surface area (Å²) in [6, 6.07) is 10.5. The van der Waals surface area contributed by atoms with Crippen LogP contribution in [0.3, 0.4) is 0 Å². The Bertz CT molecular complexity index is 744. The highest BCUT2D eigenvalue weighted by molar-refractivity contribution is 5.91. The van der Waals surface area contributed by atoms with Crippen LogP contribution in [0.4, 0.5) is 5.82 Å². The molecule has 104 valence electrons. The SMILES string of the molecule is Cn1c(NC(=O)Cc2ccccc2)cc(=O)n(C)c1=O. The summed E-state index contributed by atoms with van der Waals surface area (Å²) >= 11 is 0. The van der Waals surface area contributed by atoms with Crippen LogP contribution < -0.4 is 16.6 Å². The molecule has 0 aliphatic heterocycles. The number of anilines is 1. The van der Waals surface area contributed by atoms with Crippen molar-refractivity contribution in [2.45, 2.75) is 6.42 Å². The van der Waals surface area contributed by atoms with Gasteiger partial charge in [0.05, 0.1) is 6.42 Å². The minimum Gasteiger partial charge on any atom is -0.312 e. The van der Waals surface area contributed by atoms with Crippen LogP contribution in [0.2, 0.25) is 0 Å². The lowest BCUT2D eigenvalue weighted by Crippen LogP contribution is -2.38. The van der Waals surface area contributed by atoms with Gasteiger partial charge >= 0.3 is 5.69 Å². The number of hydrogen-bond acceptors (Lipinski definition) is 3. The molecule has 6 heteroatoms. The average Bonchev–Trinajstić information content (AvgIpc) is 2.43. The number of benzene rings is 1. The van der Waals surface area contributed by atoms with Crippen LogP contribution in [0.5, 0.6) is 0 Å². The van der Waals surface area contributed by atoms with Gasteiger partial charge in [0, 0.05) is 20.2 Å². The Kier molecular flexibility index (Phi) is 3.84. The number of hydrogen-bond donors (Lipinski definition) is 1. The molecule has 1 aromatic carbocycles. The summed E-state index contributed by atoms with van der Waals surface area (Å²) in [5.41, 5.74) is -0.0746. The van der Waals surface area contributed by atoms with Gasteiger partial charge in [0.15, 0.2) is 0 Å². The molecule has 0 spiro atoms. The van der Waals surface area contributed by atoms with E-state index in [-0.39, 0.29) is 18.1 Å². The monoisotopic (exact) mass is 273 g/mol. The van der Waals surface area contributed by atoms with Crippen molar-refractivity contribution in [3.8, 4) is 0 Å². The lowest BCUT2D eigenvalue weighted by atomic mass is 10.1. The summed E-state index contributed by atoms with van der Waals surface area (Å²) in [5, 5.41) is 2.58. The predicted octanol–water partition coefficient (Wildman–Crippen LogP) is 0.265. The Balaban J connectivity index is 2.21. The van der Waals surface area contributed by atoms with E-state index in [1.807, 2.05) is 30.3 Å². The van der Waals surface area contributed by atoms with Crippen molar-refractivity contribution in [1.29, 1.82) is 0 Å². The molecule has 2 rings (SSSR count). The fourth-order valence-electron chi connectivity index (χ4n) is 1.82. The minimum atomic E-state index is -0.479. The highest BCUT2D eigenvalue weighted by atomic mass is 16.2. The van der Waals surface area contributed by atoms with E-state index in [4.69, 9.17) is 0 Å². The van der Waals surface area contributed by atoms with Crippen LogP contribution >= 0.6 is 0 Å². The fourth-order valence-corrected chi connectivity index (χ4v) is 1.82. The van der Waals surface area contributed by atoms with Gasteiger partial charge in [0.25, 0.3) is 5.56 Å². The summed E-state index contributed by atoms with van der Waals surface area (Å²) < 4.78 is 2.21. The van der Waals surface area contributed by atoms with E-state index < -0.39 is 11.2 Å². The third-order valence-corrected chi connectivity index (χ3v) is 3.00. The standard InChI is InChI=1S/C14H15N3O3/c1-16-11(9-13(19)17(2)14(16)20)15-12(18)8-10-6-4-3-5-7-10/h3-7,9H,8H2,1-2H3,(H,15,18). The van der Waals surface area contributed by atoms with Crippen LogP contribution in [0, 0.1) is 0 Å². The third-order valence-electron chi connectivity index (χ3n) is 3.00. The molecular formula is C14H15N3O3. The summed E-state index contributed by atoms with van der Waals surface area (Å²) in [6.45, 7) is 0. The van der Waals surface area contributed by atoms with Crippen molar-refractivity contribution in [3.05, 3.63) is 62.8 Å². The first kappa shape index (κ1) is 13.8. The minimum absolute atomic E-state index is 0.185. The van der Waals surface area contributed by atoms with E-state index in [1.165, 1.54) is 24.7 Å². The molecule has 0 saturated heterocycles. The normalized spacial score (nSPS) is 10.3. The molecule has 0 unspecified atom stereocenters. The number of nitrogens with zero attached hydrogens (tertiary/aromatic N) is 2.